The molecule has 2 aromatic rings. The summed E-state index contributed by atoms with van der Waals surface area (Å²) in [7, 11) is -2.36. The van der Waals surface area contributed by atoms with Gasteiger partial charge >= 0.3 is 0 Å². The lowest BCUT2D eigenvalue weighted by atomic mass is 10.1. The summed E-state index contributed by atoms with van der Waals surface area (Å²) in [5, 5.41) is 3.10. The molecule has 0 aromatic heterocycles. The molecule has 0 heterocycles. The van der Waals surface area contributed by atoms with Crippen molar-refractivity contribution in [2.24, 2.45) is 0 Å². The molecule has 0 saturated carbocycles. The van der Waals surface area contributed by atoms with Gasteiger partial charge in [-0.1, -0.05) is 17.7 Å². The number of methoxy groups -OCH3 is 1. The molecule has 0 radical (unpaired) electrons. The highest BCUT2D eigenvalue weighted by Gasteiger charge is 2.31. The number of benzene rings is 2. The monoisotopic (exact) mass is 410 g/mol. The Hall–Kier alpha value is -2.25. The van der Waals surface area contributed by atoms with Crippen molar-refractivity contribution in [2.45, 2.75) is 26.8 Å². The van der Waals surface area contributed by atoms with Crippen LogP contribution in [0.4, 0.5) is 11.4 Å². The fourth-order valence-corrected chi connectivity index (χ4v) is 4.02. The lowest BCUT2D eigenvalue weighted by molar-refractivity contribution is -0.116. The first-order valence-electron chi connectivity index (χ1n) is 8.25. The van der Waals surface area contributed by atoms with Crippen molar-refractivity contribution in [1.29, 1.82) is 0 Å². The van der Waals surface area contributed by atoms with E-state index in [1.807, 2.05) is 26.0 Å². The number of rotatable bonds is 6. The Kier molecular flexibility index (Phi) is 6.38. The van der Waals surface area contributed by atoms with Crippen LogP contribution in [0, 0.1) is 13.8 Å². The summed E-state index contributed by atoms with van der Waals surface area (Å²) >= 11 is 6.04. The van der Waals surface area contributed by atoms with E-state index in [-0.39, 0.29) is 5.69 Å². The molecule has 6 nitrogen and oxygen atoms in total. The molecular formula is C19H23ClN2O4S. The van der Waals surface area contributed by atoms with Crippen molar-refractivity contribution in [1.82, 2.24) is 0 Å². The largest absolute Gasteiger partial charge is 0.495 e. The number of sulfonamides is 1. The second-order valence-corrected chi connectivity index (χ2v) is 8.64. The quantitative estimate of drug-likeness (QED) is 0.786. The number of ether oxygens (including phenoxy) is 1. The fraction of sp³-hybridized carbons (Fsp3) is 0.316. The third-order valence-corrected chi connectivity index (χ3v) is 5.70. The highest BCUT2D eigenvalue weighted by atomic mass is 35.5. The summed E-state index contributed by atoms with van der Waals surface area (Å²) in [4.78, 5) is 12.8. The Labute approximate surface area is 165 Å². The van der Waals surface area contributed by atoms with Gasteiger partial charge < -0.3 is 10.1 Å². The van der Waals surface area contributed by atoms with Gasteiger partial charge in [0.25, 0.3) is 0 Å². The zero-order valence-electron chi connectivity index (χ0n) is 15.9. The molecule has 2 rings (SSSR count). The minimum Gasteiger partial charge on any atom is -0.495 e. The first kappa shape index (κ1) is 21.1. The molecule has 1 amide bonds. The molecule has 8 heteroatoms. The second kappa shape index (κ2) is 8.19. The minimum absolute atomic E-state index is 0.204. The lowest BCUT2D eigenvalue weighted by Crippen LogP contribution is -2.45. The first-order chi connectivity index (χ1) is 12.5. The third-order valence-electron chi connectivity index (χ3n) is 4.24. The maximum Gasteiger partial charge on any atom is 0.247 e. The zero-order valence-corrected chi connectivity index (χ0v) is 17.5. The molecule has 1 N–H and O–H groups in total. The number of carbonyl (C=O) groups is 1. The normalized spacial score (nSPS) is 12.4. The van der Waals surface area contributed by atoms with Crippen LogP contribution in [0.3, 0.4) is 0 Å². The Morgan fingerprint density at radius 2 is 1.81 bits per heavy atom. The average molecular weight is 411 g/mol. The van der Waals surface area contributed by atoms with Crippen LogP contribution in [0.2, 0.25) is 5.02 Å². The van der Waals surface area contributed by atoms with E-state index in [2.05, 4.69) is 5.32 Å². The molecule has 0 saturated heterocycles. The molecule has 0 bridgehead atoms. The van der Waals surface area contributed by atoms with Gasteiger partial charge in [0.1, 0.15) is 11.8 Å². The van der Waals surface area contributed by atoms with Crippen LogP contribution in [0.5, 0.6) is 5.75 Å². The van der Waals surface area contributed by atoms with Crippen molar-refractivity contribution in [2.75, 3.05) is 23.0 Å². The maximum absolute atomic E-state index is 12.8. The summed E-state index contributed by atoms with van der Waals surface area (Å²) in [6.45, 7) is 5.42. The van der Waals surface area contributed by atoms with Crippen LogP contribution in [-0.4, -0.2) is 33.7 Å². The minimum atomic E-state index is -3.78. The highest BCUT2D eigenvalue weighted by molar-refractivity contribution is 7.92. The van der Waals surface area contributed by atoms with E-state index >= 15 is 0 Å². The van der Waals surface area contributed by atoms with Crippen molar-refractivity contribution < 1.29 is 17.9 Å². The van der Waals surface area contributed by atoms with Crippen molar-refractivity contribution in [3.8, 4) is 5.75 Å². The maximum atomic E-state index is 12.8. The molecule has 0 fully saturated rings. The fourth-order valence-electron chi connectivity index (χ4n) is 2.68. The van der Waals surface area contributed by atoms with Gasteiger partial charge in [0.15, 0.2) is 0 Å². The SMILES string of the molecule is COc1ccc(Cl)cc1N(C(C)C(=O)Nc1ccc(C)c(C)c1)S(C)(=O)=O. The molecule has 0 aliphatic heterocycles. The van der Waals surface area contributed by atoms with Crippen molar-refractivity contribution in [3.05, 3.63) is 52.5 Å². The molecular weight excluding hydrogens is 388 g/mol. The van der Waals surface area contributed by atoms with Gasteiger partial charge in [0.05, 0.1) is 19.1 Å². The van der Waals surface area contributed by atoms with E-state index in [0.29, 0.717) is 16.5 Å². The van der Waals surface area contributed by atoms with Crippen LogP contribution in [-0.2, 0) is 14.8 Å². The molecule has 0 spiro atoms. The van der Waals surface area contributed by atoms with Crippen LogP contribution < -0.4 is 14.4 Å². The topological polar surface area (TPSA) is 75.7 Å². The van der Waals surface area contributed by atoms with Crippen LogP contribution in [0.15, 0.2) is 36.4 Å². The van der Waals surface area contributed by atoms with Crippen LogP contribution in [0.25, 0.3) is 0 Å². The average Bonchev–Trinajstić information content (AvgIpc) is 2.57. The van der Waals surface area contributed by atoms with Gasteiger partial charge in [-0.2, -0.15) is 0 Å². The highest BCUT2D eigenvalue weighted by Crippen LogP contribution is 2.34. The number of halogens is 1. The number of aryl methyl sites for hydroxylation is 2. The van der Waals surface area contributed by atoms with Gasteiger partial charge in [-0.25, -0.2) is 8.42 Å². The Morgan fingerprint density at radius 3 is 2.37 bits per heavy atom. The lowest BCUT2D eigenvalue weighted by Gasteiger charge is -2.29. The second-order valence-electron chi connectivity index (χ2n) is 6.34. The predicted molar refractivity (Wildman–Crippen MR) is 109 cm³/mol. The molecule has 1 atom stereocenters. The summed E-state index contributed by atoms with van der Waals surface area (Å²) in [5.41, 5.74) is 2.93. The van der Waals surface area contributed by atoms with E-state index in [4.69, 9.17) is 16.3 Å². The Bertz CT molecular complexity index is 960. The Balaban J connectivity index is 2.41. The summed E-state index contributed by atoms with van der Waals surface area (Å²) in [6, 6.07) is 9.09. The standard InChI is InChI=1S/C19H23ClN2O4S/c1-12-6-8-16(10-13(12)2)21-19(23)14(3)22(27(5,24)25)17-11-15(20)7-9-18(17)26-4/h6-11,14H,1-5H3,(H,21,23). The van der Waals surface area contributed by atoms with Crippen molar-refractivity contribution >= 4 is 38.9 Å². The van der Waals surface area contributed by atoms with Gasteiger partial charge in [0.2, 0.25) is 15.9 Å². The van der Waals surface area contributed by atoms with Gasteiger partial charge in [-0.15, -0.1) is 0 Å². The number of hydrogen-bond donors (Lipinski definition) is 1. The summed E-state index contributed by atoms with van der Waals surface area (Å²) < 4.78 is 31.2. The van der Waals surface area contributed by atoms with Crippen LogP contribution in [0.1, 0.15) is 18.1 Å². The molecule has 146 valence electrons. The number of anilines is 2. The first-order valence-corrected chi connectivity index (χ1v) is 10.5. The number of nitrogens with one attached hydrogen (secondary N) is 1. The number of hydrogen-bond acceptors (Lipinski definition) is 4. The zero-order chi connectivity index (χ0) is 20.4. The van der Waals surface area contributed by atoms with E-state index < -0.39 is 22.0 Å². The number of nitrogens with zero attached hydrogens (tertiary/aromatic N) is 1. The molecule has 1 unspecified atom stereocenters. The smallest absolute Gasteiger partial charge is 0.247 e. The van der Waals surface area contributed by atoms with E-state index in [1.165, 1.54) is 20.1 Å². The van der Waals surface area contributed by atoms with E-state index in [9.17, 15) is 13.2 Å². The third kappa shape index (κ3) is 4.93. The predicted octanol–water partition coefficient (Wildman–Crippen LogP) is 3.76. The van der Waals surface area contributed by atoms with Gasteiger partial charge in [-0.3, -0.25) is 9.10 Å². The number of carbonyl (C=O) groups excluding carboxylic acids is 1. The molecule has 0 aliphatic rings. The van der Waals surface area contributed by atoms with Crippen LogP contribution >= 0.6 is 11.6 Å². The van der Waals surface area contributed by atoms with E-state index in [0.717, 1.165) is 21.7 Å². The van der Waals surface area contributed by atoms with E-state index in [1.54, 1.807) is 18.2 Å². The number of amides is 1. The van der Waals surface area contributed by atoms with Gasteiger partial charge in [-0.05, 0) is 62.2 Å². The van der Waals surface area contributed by atoms with Crippen molar-refractivity contribution in [3.63, 3.8) is 0 Å². The molecule has 0 aliphatic carbocycles. The molecule has 2 aromatic carbocycles. The summed E-state index contributed by atoms with van der Waals surface area (Å²) in [5.74, 6) is -0.165. The van der Waals surface area contributed by atoms with Gasteiger partial charge in [0, 0.05) is 10.7 Å². The summed E-state index contributed by atoms with van der Waals surface area (Å²) in [6.07, 6.45) is 1.03. The molecule has 27 heavy (non-hydrogen) atoms. The Morgan fingerprint density at radius 1 is 1.15 bits per heavy atom.